The quantitative estimate of drug-likeness (QED) is 0.848. The molecule has 0 saturated heterocycles. The van der Waals surface area contributed by atoms with Crippen LogP contribution in [0.4, 0.5) is 0 Å². The third kappa shape index (κ3) is 3.42. The van der Waals surface area contributed by atoms with Crippen molar-refractivity contribution in [2.45, 2.75) is 63.6 Å². The van der Waals surface area contributed by atoms with Gasteiger partial charge in [-0.2, -0.15) is 0 Å². The summed E-state index contributed by atoms with van der Waals surface area (Å²) < 4.78 is 0. The van der Waals surface area contributed by atoms with Crippen LogP contribution in [0, 0.1) is 6.92 Å². The van der Waals surface area contributed by atoms with Crippen LogP contribution in [0.1, 0.15) is 55.5 Å². The first-order chi connectivity index (χ1) is 9.47. The monoisotopic (exact) mass is 296 g/mol. The number of thiophene rings is 1. The normalized spacial score (nSPS) is 21.3. The molecule has 0 radical (unpaired) electrons. The lowest BCUT2D eigenvalue weighted by Crippen LogP contribution is -2.46. The smallest absolute Gasteiger partial charge is 0.0774 e. The fourth-order valence-corrected chi connectivity index (χ4v) is 4.55. The lowest BCUT2D eigenvalue weighted by atomic mass is 9.97. The van der Waals surface area contributed by atoms with Crippen LogP contribution in [-0.4, -0.2) is 35.2 Å². The first kappa shape index (κ1) is 16.0. The van der Waals surface area contributed by atoms with E-state index in [0.717, 1.165) is 38.6 Å². The Kier molecular flexibility index (Phi) is 5.24. The van der Waals surface area contributed by atoms with E-state index in [1.54, 1.807) is 11.3 Å². The molecule has 1 aromatic rings. The van der Waals surface area contributed by atoms with E-state index in [-0.39, 0.29) is 12.1 Å². The minimum Gasteiger partial charge on any atom is -0.389 e. The molecular formula is C16H28N2OS. The van der Waals surface area contributed by atoms with E-state index >= 15 is 0 Å². The standard InChI is InChI=1S/C16H28N2OS/c1-4-13(17)14(15-12(2)7-10-20-15)18(3)11-16(19)8-5-6-9-16/h7,10,13-14,19H,4-6,8-9,11,17H2,1-3H3. The van der Waals surface area contributed by atoms with Crippen LogP contribution < -0.4 is 5.73 Å². The van der Waals surface area contributed by atoms with Crippen LogP contribution in [0.2, 0.25) is 0 Å². The van der Waals surface area contributed by atoms with E-state index in [2.05, 4.69) is 37.2 Å². The van der Waals surface area contributed by atoms with Gasteiger partial charge in [0.15, 0.2) is 0 Å². The Morgan fingerprint density at radius 2 is 2.10 bits per heavy atom. The topological polar surface area (TPSA) is 49.5 Å². The minimum absolute atomic E-state index is 0.113. The predicted octanol–water partition coefficient (Wildman–Crippen LogP) is 3.07. The molecule has 1 fully saturated rings. The molecule has 0 bridgehead atoms. The molecule has 1 aliphatic carbocycles. The van der Waals surface area contributed by atoms with Gasteiger partial charge >= 0.3 is 0 Å². The van der Waals surface area contributed by atoms with Crippen molar-refractivity contribution in [3.05, 3.63) is 21.9 Å². The fourth-order valence-electron chi connectivity index (χ4n) is 3.39. The van der Waals surface area contributed by atoms with Crippen LogP contribution in [-0.2, 0) is 0 Å². The number of nitrogens with zero attached hydrogens (tertiary/aromatic N) is 1. The molecule has 4 heteroatoms. The van der Waals surface area contributed by atoms with Crippen LogP contribution in [0.15, 0.2) is 11.4 Å². The van der Waals surface area contributed by atoms with Gasteiger partial charge in [0.25, 0.3) is 0 Å². The van der Waals surface area contributed by atoms with Crippen LogP contribution in [0.5, 0.6) is 0 Å². The Morgan fingerprint density at radius 1 is 1.45 bits per heavy atom. The lowest BCUT2D eigenvalue weighted by molar-refractivity contribution is 0.00202. The third-order valence-electron chi connectivity index (χ3n) is 4.60. The Bertz CT molecular complexity index is 426. The second kappa shape index (κ2) is 6.56. The number of hydrogen-bond donors (Lipinski definition) is 2. The maximum atomic E-state index is 10.7. The summed E-state index contributed by atoms with van der Waals surface area (Å²) in [5.74, 6) is 0. The molecule has 2 atom stereocenters. The van der Waals surface area contributed by atoms with Gasteiger partial charge in [0.05, 0.1) is 11.6 Å². The Hall–Kier alpha value is -0.420. The summed E-state index contributed by atoms with van der Waals surface area (Å²) in [6.07, 6.45) is 5.09. The highest BCUT2D eigenvalue weighted by Crippen LogP contribution is 2.35. The maximum Gasteiger partial charge on any atom is 0.0774 e. The van der Waals surface area contributed by atoms with Crippen molar-refractivity contribution in [1.29, 1.82) is 0 Å². The Morgan fingerprint density at radius 3 is 2.60 bits per heavy atom. The predicted molar refractivity (Wildman–Crippen MR) is 86.1 cm³/mol. The van der Waals surface area contributed by atoms with Crippen LogP contribution >= 0.6 is 11.3 Å². The molecular weight excluding hydrogens is 268 g/mol. The van der Waals surface area contributed by atoms with E-state index in [9.17, 15) is 5.11 Å². The van der Waals surface area contributed by atoms with Crippen molar-refractivity contribution in [1.82, 2.24) is 4.90 Å². The molecule has 1 saturated carbocycles. The maximum absolute atomic E-state index is 10.7. The number of aliphatic hydroxyl groups is 1. The molecule has 0 aromatic carbocycles. The van der Waals surface area contributed by atoms with Gasteiger partial charge in [-0.05, 0) is 50.2 Å². The molecule has 2 unspecified atom stereocenters. The van der Waals surface area contributed by atoms with Gasteiger partial charge in [-0.1, -0.05) is 19.8 Å². The molecule has 3 nitrogen and oxygen atoms in total. The number of nitrogens with two attached hydrogens (primary N) is 1. The number of likely N-dealkylation sites (N-methyl/N-ethyl adjacent to an activating group) is 1. The van der Waals surface area contributed by atoms with Gasteiger partial charge in [-0.25, -0.2) is 0 Å². The van der Waals surface area contributed by atoms with Gasteiger partial charge < -0.3 is 10.8 Å². The third-order valence-corrected chi connectivity index (χ3v) is 5.69. The molecule has 114 valence electrons. The summed E-state index contributed by atoms with van der Waals surface area (Å²) >= 11 is 1.78. The summed E-state index contributed by atoms with van der Waals surface area (Å²) in [5, 5.41) is 12.8. The zero-order valence-corrected chi connectivity index (χ0v) is 13.7. The van der Waals surface area contributed by atoms with E-state index in [4.69, 9.17) is 5.73 Å². The zero-order chi connectivity index (χ0) is 14.8. The van der Waals surface area contributed by atoms with Crippen molar-refractivity contribution >= 4 is 11.3 Å². The largest absolute Gasteiger partial charge is 0.389 e. The molecule has 1 heterocycles. The van der Waals surface area contributed by atoms with Crippen molar-refractivity contribution in [3.63, 3.8) is 0 Å². The van der Waals surface area contributed by atoms with Crippen molar-refractivity contribution < 1.29 is 5.11 Å². The van der Waals surface area contributed by atoms with Crippen molar-refractivity contribution in [3.8, 4) is 0 Å². The molecule has 20 heavy (non-hydrogen) atoms. The molecule has 2 rings (SSSR count). The van der Waals surface area contributed by atoms with Gasteiger partial charge in [0.2, 0.25) is 0 Å². The van der Waals surface area contributed by atoms with E-state index in [0.29, 0.717) is 0 Å². The van der Waals surface area contributed by atoms with Gasteiger partial charge in [0.1, 0.15) is 0 Å². The van der Waals surface area contributed by atoms with Crippen LogP contribution in [0.25, 0.3) is 0 Å². The molecule has 3 N–H and O–H groups in total. The fraction of sp³-hybridized carbons (Fsp3) is 0.750. The lowest BCUT2D eigenvalue weighted by Gasteiger charge is -2.37. The van der Waals surface area contributed by atoms with Gasteiger partial charge in [-0.3, -0.25) is 4.90 Å². The van der Waals surface area contributed by atoms with Gasteiger partial charge in [0, 0.05) is 17.5 Å². The summed E-state index contributed by atoms with van der Waals surface area (Å²) in [4.78, 5) is 3.63. The SMILES string of the molecule is CCC(N)C(c1sccc1C)N(C)CC1(O)CCCC1. The van der Waals surface area contributed by atoms with Crippen molar-refractivity contribution in [2.24, 2.45) is 5.73 Å². The average Bonchev–Trinajstić information content (AvgIpc) is 2.99. The first-order valence-corrected chi connectivity index (χ1v) is 8.57. The Balaban J connectivity index is 2.16. The van der Waals surface area contributed by atoms with E-state index < -0.39 is 5.60 Å². The number of hydrogen-bond acceptors (Lipinski definition) is 4. The summed E-state index contributed by atoms with van der Waals surface area (Å²) in [7, 11) is 2.11. The Labute approximate surface area is 126 Å². The van der Waals surface area contributed by atoms with Crippen LogP contribution in [0.3, 0.4) is 0 Å². The summed E-state index contributed by atoms with van der Waals surface area (Å²) in [5.41, 5.74) is 7.18. The second-order valence-electron chi connectivity index (χ2n) is 6.33. The number of aryl methyl sites for hydroxylation is 1. The second-order valence-corrected chi connectivity index (χ2v) is 7.28. The average molecular weight is 296 g/mol. The molecule has 0 spiro atoms. The van der Waals surface area contributed by atoms with Crippen molar-refractivity contribution in [2.75, 3.05) is 13.6 Å². The molecule has 0 amide bonds. The minimum atomic E-state index is -0.508. The number of rotatable bonds is 6. The molecule has 1 aromatic heterocycles. The van der Waals surface area contributed by atoms with Gasteiger partial charge in [-0.15, -0.1) is 11.3 Å². The zero-order valence-electron chi connectivity index (χ0n) is 12.9. The first-order valence-electron chi connectivity index (χ1n) is 7.69. The highest BCUT2D eigenvalue weighted by molar-refractivity contribution is 7.10. The van der Waals surface area contributed by atoms with E-state index in [1.807, 2.05) is 0 Å². The molecule has 1 aliphatic rings. The molecule has 0 aliphatic heterocycles. The summed E-state index contributed by atoms with van der Waals surface area (Å²) in [6.45, 7) is 5.01. The summed E-state index contributed by atoms with van der Waals surface area (Å²) in [6, 6.07) is 2.49. The van der Waals surface area contributed by atoms with E-state index in [1.165, 1.54) is 10.4 Å². The highest BCUT2D eigenvalue weighted by Gasteiger charge is 2.35. The highest BCUT2D eigenvalue weighted by atomic mass is 32.1.